The van der Waals surface area contributed by atoms with Gasteiger partial charge < -0.3 is 10.1 Å². The van der Waals surface area contributed by atoms with E-state index in [-0.39, 0.29) is 34.3 Å². The van der Waals surface area contributed by atoms with Gasteiger partial charge in [0.2, 0.25) is 0 Å². The lowest BCUT2D eigenvalue weighted by Gasteiger charge is -2.26. The van der Waals surface area contributed by atoms with Crippen LogP contribution in [0.4, 0.5) is 5.69 Å². The van der Waals surface area contributed by atoms with Crippen LogP contribution in [-0.4, -0.2) is 41.5 Å². The van der Waals surface area contributed by atoms with Gasteiger partial charge >= 0.3 is 5.97 Å². The highest BCUT2D eigenvalue weighted by atomic mass is 32.2. The van der Waals surface area contributed by atoms with Crippen molar-refractivity contribution in [2.75, 3.05) is 12.9 Å². The first-order valence-electron chi connectivity index (χ1n) is 10.7. The van der Waals surface area contributed by atoms with E-state index in [9.17, 15) is 24.5 Å². The van der Waals surface area contributed by atoms with Crippen molar-refractivity contribution in [2.45, 2.75) is 43.5 Å². The number of thioether (sulfide) groups is 1. The topological polar surface area (TPSA) is 116 Å². The van der Waals surface area contributed by atoms with Gasteiger partial charge in [0.05, 0.1) is 15.4 Å². The second kappa shape index (κ2) is 11.1. The Morgan fingerprint density at radius 2 is 1.76 bits per heavy atom. The number of nitrogens with zero attached hydrogens (tertiary/aromatic N) is 1. The number of nitro benzene ring substituents is 1. The number of nitrogens with one attached hydrogen (secondary N) is 1. The largest absolute Gasteiger partial charge is 0.452 e. The molecule has 2 aromatic rings. The third-order valence-corrected chi connectivity index (χ3v) is 6.53. The number of nitro groups is 1. The molecule has 2 aromatic carbocycles. The minimum absolute atomic E-state index is 0.00149. The van der Waals surface area contributed by atoms with E-state index in [1.54, 1.807) is 18.4 Å². The Balaban J connectivity index is 1.70. The molecule has 0 atom stereocenters. The van der Waals surface area contributed by atoms with Crippen molar-refractivity contribution in [1.82, 2.24) is 5.32 Å². The van der Waals surface area contributed by atoms with Gasteiger partial charge in [-0.3, -0.25) is 19.7 Å². The minimum atomic E-state index is -0.804. The molecule has 0 radical (unpaired) electrons. The van der Waals surface area contributed by atoms with Gasteiger partial charge in [0.1, 0.15) is 0 Å². The molecule has 0 bridgehead atoms. The molecule has 0 spiro atoms. The number of hydrogen-bond acceptors (Lipinski definition) is 7. The number of benzene rings is 2. The summed E-state index contributed by atoms with van der Waals surface area (Å²) in [5, 5.41) is 14.2. The van der Waals surface area contributed by atoms with Crippen LogP contribution in [0, 0.1) is 16.0 Å². The van der Waals surface area contributed by atoms with E-state index in [1.807, 2.05) is 0 Å². The van der Waals surface area contributed by atoms with Crippen LogP contribution in [0.1, 0.15) is 58.9 Å². The summed E-state index contributed by atoms with van der Waals surface area (Å²) in [7, 11) is 0. The average Bonchev–Trinajstić information content (AvgIpc) is 2.83. The van der Waals surface area contributed by atoms with Gasteiger partial charge in [-0.2, -0.15) is 0 Å². The molecule has 1 saturated carbocycles. The second-order valence-corrected chi connectivity index (χ2v) is 8.97. The Morgan fingerprint density at radius 3 is 2.39 bits per heavy atom. The van der Waals surface area contributed by atoms with Crippen molar-refractivity contribution in [2.24, 2.45) is 5.92 Å². The van der Waals surface area contributed by atoms with Crippen molar-refractivity contribution in [3.05, 3.63) is 69.3 Å². The molecule has 1 fully saturated rings. The molecule has 3 rings (SSSR count). The number of ketones is 1. The van der Waals surface area contributed by atoms with Crippen LogP contribution in [0.2, 0.25) is 0 Å². The lowest BCUT2D eigenvalue weighted by Crippen LogP contribution is -2.39. The summed E-state index contributed by atoms with van der Waals surface area (Å²) in [6.45, 7) is 1.75. The predicted octanol–water partition coefficient (Wildman–Crippen LogP) is 4.40. The molecule has 0 unspecified atom stereocenters. The number of carbonyl (C=O) groups is 3. The molecule has 33 heavy (non-hydrogen) atoms. The standard InChI is InChI=1S/C24H26N2O6S/c1-15-7-10-17(11-8-15)25-22(27)14-32-24(29)19-6-4-3-5-18(19)23(28)16-9-12-21(33-2)20(13-16)26(30)31/h3-6,9,12-13,15,17H,7-8,10-11,14H2,1-2H3,(H,25,27). The summed E-state index contributed by atoms with van der Waals surface area (Å²) in [6, 6.07) is 10.3. The molecule has 1 amide bonds. The lowest BCUT2D eigenvalue weighted by atomic mass is 9.87. The highest BCUT2D eigenvalue weighted by Crippen LogP contribution is 2.29. The van der Waals surface area contributed by atoms with Crippen molar-refractivity contribution in [3.63, 3.8) is 0 Å². The SMILES string of the molecule is CSc1ccc(C(=O)c2ccccc2C(=O)OCC(=O)NC2CCC(C)CC2)cc1[N+](=O)[O-]. The Kier molecular flexibility index (Phi) is 8.21. The van der Waals surface area contributed by atoms with E-state index in [0.717, 1.165) is 25.7 Å². The molecular weight excluding hydrogens is 444 g/mol. The van der Waals surface area contributed by atoms with Crippen molar-refractivity contribution >= 4 is 35.1 Å². The summed E-state index contributed by atoms with van der Waals surface area (Å²) >= 11 is 1.20. The fraction of sp³-hybridized carbons (Fsp3) is 0.375. The van der Waals surface area contributed by atoms with E-state index >= 15 is 0 Å². The molecule has 1 aliphatic rings. The van der Waals surface area contributed by atoms with Gasteiger partial charge in [-0.15, -0.1) is 11.8 Å². The summed E-state index contributed by atoms with van der Waals surface area (Å²) in [5.74, 6) is -1.07. The zero-order valence-electron chi connectivity index (χ0n) is 18.5. The fourth-order valence-corrected chi connectivity index (χ4v) is 4.42. The van der Waals surface area contributed by atoms with Crippen molar-refractivity contribution in [3.8, 4) is 0 Å². The van der Waals surface area contributed by atoms with Crippen LogP contribution in [0.5, 0.6) is 0 Å². The van der Waals surface area contributed by atoms with Crippen molar-refractivity contribution in [1.29, 1.82) is 0 Å². The first-order chi connectivity index (χ1) is 15.8. The molecular formula is C24H26N2O6S. The maximum Gasteiger partial charge on any atom is 0.339 e. The number of esters is 1. The van der Waals surface area contributed by atoms with Crippen LogP contribution < -0.4 is 5.32 Å². The van der Waals surface area contributed by atoms with E-state index < -0.39 is 23.3 Å². The van der Waals surface area contributed by atoms with Gasteiger partial charge in [0.25, 0.3) is 11.6 Å². The highest BCUT2D eigenvalue weighted by Gasteiger charge is 2.24. The van der Waals surface area contributed by atoms with Crippen LogP contribution in [0.25, 0.3) is 0 Å². The lowest BCUT2D eigenvalue weighted by molar-refractivity contribution is -0.387. The third-order valence-electron chi connectivity index (χ3n) is 5.74. The van der Waals surface area contributed by atoms with Gasteiger partial charge in [0.15, 0.2) is 12.4 Å². The van der Waals surface area contributed by atoms with Gasteiger partial charge in [-0.05, 0) is 56.1 Å². The molecule has 9 heteroatoms. The molecule has 0 heterocycles. The number of hydrogen-bond donors (Lipinski definition) is 1. The zero-order chi connectivity index (χ0) is 24.0. The smallest absolute Gasteiger partial charge is 0.339 e. The van der Waals surface area contributed by atoms with Gasteiger partial charge in [-0.1, -0.05) is 25.1 Å². The second-order valence-electron chi connectivity index (χ2n) is 8.12. The molecule has 0 aliphatic heterocycles. The summed E-state index contributed by atoms with van der Waals surface area (Å²) < 4.78 is 5.16. The Labute approximate surface area is 196 Å². The van der Waals surface area contributed by atoms with E-state index in [2.05, 4.69) is 12.2 Å². The maximum atomic E-state index is 13.1. The first-order valence-corrected chi connectivity index (χ1v) is 11.9. The number of ether oxygens (including phenoxy) is 1. The van der Waals surface area contributed by atoms with Crippen LogP contribution in [-0.2, 0) is 9.53 Å². The highest BCUT2D eigenvalue weighted by molar-refractivity contribution is 7.98. The molecule has 0 aromatic heterocycles. The van der Waals surface area contributed by atoms with Crippen molar-refractivity contribution < 1.29 is 24.0 Å². The Hall–Kier alpha value is -3.20. The molecule has 8 nitrogen and oxygen atoms in total. The Bertz CT molecular complexity index is 1060. The molecule has 1 N–H and O–H groups in total. The predicted molar refractivity (Wildman–Crippen MR) is 125 cm³/mol. The van der Waals surface area contributed by atoms with E-state index in [0.29, 0.717) is 10.8 Å². The Morgan fingerprint density at radius 1 is 1.09 bits per heavy atom. The maximum absolute atomic E-state index is 13.1. The van der Waals surface area contributed by atoms with E-state index in [1.165, 1.54) is 42.1 Å². The summed E-state index contributed by atoms with van der Waals surface area (Å²) in [6.07, 6.45) is 5.62. The first kappa shape index (κ1) is 24.4. The van der Waals surface area contributed by atoms with Gasteiger partial charge in [-0.25, -0.2) is 4.79 Å². The van der Waals surface area contributed by atoms with Crippen LogP contribution in [0.15, 0.2) is 47.4 Å². The molecule has 1 aliphatic carbocycles. The number of carbonyl (C=O) groups excluding carboxylic acids is 3. The third kappa shape index (κ3) is 6.19. The fourth-order valence-electron chi connectivity index (χ4n) is 3.87. The van der Waals surface area contributed by atoms with Crippen LogP contribution in [0.3, 0.4) is 0 Å². The monoisotopic (exact) mass is 470 g/mol. The van der Waals surface area contributed by atoms with Gasteiger partial charge in [0, 0.05) is 23.2 Å². The average molecular weight is 471 g/mol. The quantitative estimate of drug-likeness (QED) is 0.200. The molecule has 174 valence electrons. The number of amides is 1. The van der Waals surface area contributed by atoms with Crippen LogP contribution >= 0.6 is 11.8 Å². The summed E-state index contributed by atoms with van der Waals surface area (Å²) in [4.78, 5) is 49.1. The van der Waals surface area contributed by atoms with E-state index in [4.69, 9.17) is 4.74 Å². The molecule has 0 saturated heterocycles. The summed E-state index contributed by atoms with van der Waals surface area (Å²) in [5.41, 5.74) is -0.0417. The normalized spacial score (nSPS) is 17.8. The zero-order valence-corrected chi connectivity index (χ0v) is 19.4. The number of rotatable bonds is 8. The minimum Gasteiger partial charge on any atom is -0.452 e.